The number of rotatable bonds is 3. The van der Waals surface area contributed by atoms with E-state index in [1.54, 1.807) is 20.0 Å². The molecule has 5 nitrogen and oxygen atoms in total. The molecule has 0 atom stereocenters. The van der Waals surface area contributed by atoms with Gasteiger partial charge in [0.1, 0.15) is 5.69 Å². The Morgan fingerprint density at radius 1 is 1.04 bits per heavy atom. The van der Waals surface area contributed by atoms with Crippen molar-refractivity contribution in [2.24, 2.45) is 0 Å². The number of benzene rings is 1. The molecule has 5 rings (SSSR count). The molecular formula is C23H22N4O. The molecule has 0 unspecified atom stereocenters. The number of aromatic nitrogens is 4. The first-order valence-corrected chi connectivity index (χ1v) is 9.65. The minimum Gasteiger partial charge on any atom is -0.386 e. The fourth-order valence-corrected chi connectivity index (χ4v) is 4.04. The van der Waals surface area contributed by atoms with Gasteiger partial charge in [-0.25, -0.2) is 0 Å². The summed E-state index contributed by atoms with van der Waals surface area (Å²) in [5.41, 5.74) is 6.15. The molecule has 0 bridgehead atoms. The number of nitrogens with zero attached hydrogens (tertiary/aromatic N) is 4. The highest BCUT2D eigenvalue weighted by atomic mass is 16.3. The van der Waals surface area contributed by atoms with Gasteiger partial charge in [-0.3, -0.25) is 14.6 Å². The van der Waals surface area contributed by atoms with Crippen LogP contribution >= 0.6 is 0 Å². The van der Waals surface area contributed by atoms with Crippen LogP contribution in [0.3, 0.4) is 0 Å². The van der Waals surface area contributed by atoms with Crippen molar-refractivity contribution in [3.8, 4) is 22.5 Å². The highest BCUT2D eigenvalue weighted by Gasteiger charge is 2.26. The van der Waals surface area contributed by atoms with Gasteiger partial charge in [0.25, 0.3) is 0 Å². The van der Waals surface area contributed by atoms with Crippen molar-refractivity contribution in [3.05, 3.63) is 66.1 Å². The number of aliphatic hydroxyl groups is 1. The zero-order chi connectivity index (χ0) is 19.3. The number of hydrogen-bond donors (Lipinski definition) is 1. The van der Waals surface area contributed by atoms with Crippen LogP contribution in [0.25, 0.3) is 33.4 Å². The molecule has 1 N–H and O–H groups in total. The Hall–Kier alpha value is -3.05. The first kappa shape index (κ1) is 17.1. The maximum Gasteiger partial charge on any atom is 0.119 e. The molecular weight excluding hydrogens is 348 g/mol. The molecule has 0 spiro atoms. The van der Waals surface area contributed by atoms with E-state index in [4.69, 9.17) is 5.10 Å². The molecule has 0 amide bonds. The first-order chi connectivity index (χ1) is 13.5. The summed E-state index contributed by atoms with van der Waals surface area (Å²) >= 11 is 0. The van der Waals surface area contributed by atoms with Crippen LogP contribution in [0.15, 0.2) is 54.9 Å². The van der Waals surface area contributed by atoms with E-state index in [0.717, 1.165) is 58.4 Å². The van der Waals surface area contributed by atoms with Crippen LogP contribution < -0.4 is 0 Å². The highest BCUT2D eigenvalue weighted by Crippen LogP contribution is 2.40. The van der Waals surface area contributed by atoms with E-state index in [1.165, 1.54) is 5.69 Å². The fraction of sp³-hybridized carbons (Fsp3) is 0.261. The average Bonchev–Trinajstić information content (AvgIpc) is 3.28. The van der Waals surface area contributed by atoms with E-state index in [1.807, 2.05) is 36.5 Å². The zero-order valence-electron chi connectivity index (χ0n) is 16.1. The Balaban J connectivity index is 1.82. The summed E-state index contributed by atoms with van der Waals surface area (Å²) in [4.78, 5) is 9.10. The molecule has 0 radical (unpaired) electrons. The topological polar surface area (TPSA) is 63.8 Å². The average molecular weight is 370 g/mol. The van der Waals surface area contributed by atoms with Crippen LogP contribution in [0, 0.1) is 0 Å². The minimum absolute atomic E-state index is 0.873. The van der Waals surface area contributed by atoms with Gasteiger partial charge in [0, 0.05) is 35.6 Å². The minimum atomic E-state index is -0.911. The van der Waals surface area contributed by atoms with Gasteiger partial charge in [-0.2, -0.15) is 5.10 Å². The van der Waals surface area contributed by atoms with Crippen LogP contribution in [0.1, 0.15) is 31.5 Å². The lowest BCUT2D eigenvalue weighted by Gasteiger charge is -2.19. The lowest BCUT2D eigenvalue weighted by molar-refractivity contribution is 0.0787. The van der Waals surface area contributed by atoms with Crippen molar-refractivity contribution in [2.45, 2.75) is 38.8 Å². The van der Waals surface area contributed by atoms with Crippen molar-refractivity contribution in [2.75, 3.05) is 0 Å². The van der Waals surface area contributed by atoms with Crippen LogP contribution in [-0.2, 0) is 18.6 Å². The summed E-state index contributed by atoms with van der Waals surface area (Å²) in [5, 5.41) is 16.4. The van der Waals surface area contributed by atoms with Gasteiger partial charge in [0.05, 0.1) is 16.8 Å². The third-order valence-corrected chi connectivity index (χ3v) is 5.47. The second kappa shape index (κ2) is 6.24. The lowest BCUT2D eigenvalue weighted by atomic mass is 9.92. The van der Waals surface area contributed by atoms with E-state index >= 15 is 0 Å². The monoisotopic (exact) mass is 370 g/mol. The van der Waals surface area contributed by atoms with Crippen LogP contribution in [0.2, 0.25) is 0 Å². The van der Waals surface area contributed by atoms with E-state index in [9.17, 15) is 5.11 Å². The first-order valence-electron chi connectivity index (χ1n) is 9.65. The zero-order valence-corrected chi connectivity index (χ0v) is 16.1. The molecule has 3 aromatic heterocycles. The van der Waals surface area contributed by atoms with Gasteiger partial charge >= 0.3 is 0 Å². The van der Waals surface area contributed by atoms with E-state index in [0.29, 0.717) is 0 Å². The van der Waals surface area contributed by atoms with Gasteiger partial charge in [-0.15, -0.1) is 0 Å². The Kier molecular flexibility index (Phi) is 3.81. The molecule has 1 aliphatic rings. The smallest absolute Gasteiger partial charge is 0.119 e. The van der Waals surface area contributed by atoms with Crippen LogP contribution in [0.5, 0.6) is 0 Å². The number of hydrogen-bond acceptors (Lipinski definition) is 4. The SMILES string of the molecule is CC(C)(O)c1ccc2nccc(-c3c(-c4ccccn4)nn4c3CCC4)c2c1. The summed E-state index contributed by atoms with van der Waals surface area (Å²) in [7, 11) is 0. The summed E-state index contributed by atoms with van der Waals surface area (Å²) < 4.78 is 2.12. The Morgan fingerprint density at radius 2 is 1.93 bits per heavy atom. The molecule has 0 fully saturated rings. The molecule has 1 aromatic carbocycles. The number of aryl methyl sites for hydroxylation is 1. The van der Waals surface area contributed by atoms with Gasteiger partial charge in [0.2, 0.25) is 0 Å². The van der Waals surface area contributed by atoms with Crippen LogP contribution in [-0.4, -0.2) is 24.9 Å². The third kappa shape index (κ3) is 2.70. The van der Waals surface area contributed by atoms with Crippen molar-refractivity contribution >= 4 is 10.9 Å². The molecule has 140 valence electrons. The van der Waals surface area contributed by atoms with Crippen molar-refractivity contribution in [1.82, 2.24) is 19.7 Å². The standard InChI is InChI=1S/C23H22N4O/c1-23(2,28)15-8-9-18-17(14-15)16(10-12-25-18)21-20-7-5-13-27(20)26-22(21)19-6-3-4-11-24-19/h3-4,6,8-12,14,28H,5,7,13H2,1-2H3. The van der Waals surface area contributed by atoms with Crippen LogP contribution in [0.4, 0.5) is 0 Å². The van der Waals surface area contributed by atoms with E-state index < -0.39 is 5.60 Å². The van der Waals surface area contributed by atoms with E-state index in [-0.39, 0.29) is 0 Å². The molecule has 0 saturated heterocycles. The van der Waals surface area contributed by atoms with Gasteiger partial charge in [-0.1, -0.05) is 12.1 Å². The second-order valence-electron chi connectivity index (χ2n) is 7.86. The maximum absolute atomic E-state index is 10.5. The quantitative estimate of drug-likeness (QED) is 0.583. The molecule has 0 aliphatic carbocycles. The van der Waals surface area contributed by atoms with Crippen molar-refractivity contribution in [1.29, 1.82) is 0 Å². The molecule has 0 saturated carbocycles. The van der Waals surface area contributed by atoms with Gasteiger partial charge in [-0.05, 0) is 68.1 Å². The van der Waals surface area contributed by atoms with Gasteiger partial charge in [0.15, 0.2) is 0 Å². The summed E-state index contributed by atoms with van der Waals surface area (Å²) in [6.45, 7) is 4.55. The number of fused-ring (bicyclic) bond motifs is 2. The molecule has 5 heteroatoms. The predicted octanol–water partition coefficient (Wildman–Crippen LogP) is 4.33. The van der Waals surface area contributed by atoms with E-state index in [2.05, 4.69) is 26.8 Å². The summed E-state index contributed by atoms with van der Waals surface area (Å²) in [6.07, 6.45) is 5.77. The van der Waals surface area contributed by atoms with Crippen molar-refractivity contribution in [3.63, 3.8) is 0 Å². The maximum atomic E-state index is 10.5. The summed E-state index contributed by atoms with van der Waals surface area (Å²) in [5.74, 6) is 0. The highest BCUT2D eigenvalue weighted by molar-refractivity contribution is 5.99. The molecule has 28 heavy (non-hydrogen) atoms. The lowest BCUT2D eigenvalue weighted by Crippen LogP contribution is -2.15. The molecule has 4 heterocycles. The Bertz CT molecular complexity index is 1170. The summed E-state index contributed by atoms with van der Waals surface area (Å²) in [6, 6.07) is 14.0. The third-order valence-electron chi connectivity index (χ3n) is 5.47. The second-order valence-corrected chi connectivity index (χ2v) is 7.86. The normalized spacial score (nSPS) is 13.8. The Labute approximate surface area is 163 Å². The predicted molar refractivity (Wildman–Crippen MR) is 110 cm³/mol. The largest absolute Gasteiger partial charge is 0.386 e. The molecule has 1 aliphatic heterocycles. The van der Waals surface area contributed by atoms with Crippen molar-refractivity contribution < 1.29 is 5.11 Å². The number of pyridine rings is 2. The molecule has 4 aromatic rings. The van der Waals surface area contributed by atoms with Gasteiger partial charge < -0.3 is 5.11 Å². The fourth-order valence-electron chi connectivity index (χ4n) is 4.04. The Morgan fingerprint density at radius 3 is 2.71 bits per heavy atom.